The van der Waals surface area contributed by atoms with Gasteiger partial charge in [0.05, 0.1) is 11.9 Å². The second-order valence-corrected chi connectivity index (χ2v) is 5.99. The predicted octanol–water partition coefficient (Wildman–Crippen LogP) is 3.95. The zero-order valence-electron chi connectivity index (χ0n) is 11.7. The van der Waals surface area contributed by atoms with Crippen molar-refractivity contribution in [2.45, 2.75) is 34.1 Å². The SMILES string of the molecule is CCc1nn2cc(-c3cc(C)c(C)cc3C)nc2s1. The molecule has 3 nitrogen and oxygen atoms in total. The molecule has 0 spiro atoms. The van der Waals surface area contributed by atoms with E-state index in [-0.39, 0.29) is 0 Å². The summed E-state index contributed by atoms with van der Waals surface area (Å²) in [5.74, 6) is 0. The monoisotopic (exact) mass is 271 g/mol. The highest BCUT2D eigenvalue weighted by atomic mass is 32.1. The van der Waals surface area contributed by atoms with E-state index in [2.05, 4.69) is 44.9 Å². The van der Waals surface area contributed by atoms with Gasteiger partial charge in [0.2, 0.25) is 4.96 Å². The highest BCUT2D eigenvalue weighted by Gasteiger charge is 2.11. The van der Waals surface area contributed by atoms with Crippen LogP contribution in [0.3, 0.4) is 0 Å². The Morgan fingerprint density at radius 1 is 1.11 bits per heavy atom. The number of aryl methyl sites for hydroxylation is 4. The van der Waals surface area contributed by atoms with Crippen molar-refractivity contribution in [1.82, 2.24) is 14.6 Å². The zero-order valence-corrected chi connectivity index (χ0v) is 12.5. The third kappa shape index (κ3) is 2.06. The van der Waals surface area contributed by atoms with E-state index in [1.807, 2.05) is 10.7 Å². The molecule has 0 unspecified atom stereocenters. The summed E-state index contributed by atoms with van der Waals surface area (Å²) in [4.78, 5) is 5.68. The maximum atomic E-state index is 4.70. The molecule has 1 aromatic carbocycles. The lowest BCUT2D eigenvalue weighted by Gasteiger charge is -2.07. The summed E-state index contributed by atoms with van der Waals surface area (Å²) in [6, 6.07) is 4.45. The number of imidazole rings is 1. The number of benzene rings is 1. The van der Waals surface area contributed by atoms with E-state index in [1.54, 1.807) is 11.3 Å². The third-order valence-electron chi connectivity index (χ3n) is 3.50. The Morgan fingerprint density at radius 3 is 2.53 bits per heavy atom. The second kappa shape index (κ2) is 4.46. The highest BCUT2D eigenvalue weighted by Crippen LogP contribution is 2.27. The van der Waals surface area contributed by atoms with Crippen molar-refractivity contribution in [3.63, 3.8) is 0 Å². The van der Waals surface area contributed by atoms with Gasteiger partial charge in [-0.1, -0.05) is 24.3 Å². The van der Waals surface area contributed by atoms with E-state index in [1.165, 1.54) is 22.3 Å². The molecule has 0 fully saturated rings. The predicted molar refractivity (Wildman–Crippen MR) is 79.9 cm³/mol. The van der Waals surface area contributed by atoms with Crippen LogP contribution in [0.5, 0.6) is 0 Å². The van der Waals surface area contributed by atoms with Gasteiger partial charge in [-0.15, -0.1) is 0 Å². The van der Waals surface area contributed by atoms with E-state index in [9.17, 15) is 0 Å². The molecule has 19 heavy (non-hydrogen) atoms. The molecule has 0 aliphatic carbocycles. The summed E-state index contributed by atoms with van der Waals surface area (Å²) in [5.41, 5.74) is 6.12. The van der Waals surface area contributed by atoms with E-state index in [0.29, 0.717) is 0 Å². The molecule has 0 saturated carbocycles. The Balaban J connectivity index is 2.13. The molecule has 0 saturated heterocycles. The standard InChI is InChI=1S/C15H17N3S/c1-5-14-17-18-8-13(16-15(18)19-14)12-7-10(3)9(2)6-11(12)4/h6-8H,5H2,1-4H3. The van der Waals surface area contributed by atoms with Crippen LogP contribution in [0.1, 0.15) is 28.6 Å². The molecule has 3 aromatic rings. The lowest BCUT2D eigenvalue weighted by atomic mass is 9.99. The van der Waals surface area contributed by atoms with Crippen LogP contribution in [-0.4, -0.2) is 14.6 Å². The normalized spacial score (nSPS) is 11.4. The van der Waals surface area contributed by atoms with Crippen LogP contribution in [0.25, 0.3) is 16.2 Å². The number of aromatic nitrogens is 3. The van der Waals surface area contributed by atoms with Gasteiger partial charge in [0.1, 0.15) is 5.01 Å². The first-order valence-electron chi connectivity index (χ1n) is 6.51. The topological polar surface area (TPSA) is 30.2 Å². The summed E-state index contributed by atoms with van der Waals surface area (Å²) < 4.78 is 1.90. The molecule has 0 aliphatic rings. The van der Waals surface area contributed by atoms with Crippen LogP contribution in [0.2, 0.25) is 0 Å². The molecule has 0 atom stereocenters. The molecule has 0 bridgehead atoms. The number of rotatable bonds is 2. The van der Waals surface area contributed by atoms with Crippen LogP contribution in [-0.2, 0) is 6.42 Å². The first-order chi connectivity index (χ1) is 9.08. The highest BCUT2D eigenvalue weighted by molar-refractivity contribution is 7.16. The van der Waals surface area contributed by atoms with Gasteiger partial charge in [0.15, 0.2) is 0 Å². The fourth-order valence-corrected chi connectivity index (χ4v) is 3.07. The number of nitrogens with zero attached hydrogens (tertiary/aromatic N) is 3. The van der Waals surface area contributed by atoms with Gasteiger partial charge in [-0.2, -0.15) is 5.10 Å². The van der Waals surface area contributed by atoms with Crippen LogP contribution in [0, 0.1) is 20.8 Å². The lowest BCUT2D eigenvalue weighted by Crippen LogP contribution is -1.89. The fraction of sp³-hybridized carbons (Fsp3) is 0.333. The summed E-state index contributed by atoms with van der Waals surface area (Å²) in [6.45, 7) is 8.55. The Hall–Kier alpha value is -1.68. The van der Waals surface area contributed by atoms with Gasteiger partial charge in [-0.3, -0.25) is 0 Å². The Bertz CT molecular complexity index is 721. The number of hydrogen-bond donors (Lipinski definition) is 0. The van der Waals surface area contributed by atoms with Crippen LogP contribution < -0.4 is 0 Å². The van der Waals surface area contributed by atoms with Crippen molar-refractivity contribution in [3.05, 3.63) is 40.0 Å². The van der Waals surface area contributed by atoms with Crippen LogP contribution in [0.15, 0.2) is 18.3 Å². The van der Waals surface area contributed by atoms with E-state index < -0.39 is 0 Å². The summed E-state index contributed by atoms with van der Waals surface area (Å²) >= 11 is 1.67. The van der Waals surface area contributed by atoms with Gasteiger partial charge >= 0.3 is 0 Å². The average molecular weight is 271 g/mol. The van der Waals surface area contributed by atoms with E-state index >= 15 is 0 Å². The van der Waals surface area contributed by atoms with Crippen molar-refractivity contribution >= 4 is 16.3 Å². The zero-order chi connectivity index (χ0) is 13.6. The number of fused-ring (bicyclic) bond motifs is 1. The second-order valence-electron chi connectivity index (χ2n) is 4.95. The Morgan fingerprint density at radius 2 is 1.84 bits per heavy atom. The lowest BCUT2D eigenvalue weighted by molar-refractivity contribution is 0.910. The molecule has 0 N–H and O–H groups in total. The minimum atomic E-state index is 0.964. The van der Waals surface area contributed by atoms with E-state index in [0.717, 1.165) is 22.1 Å². The third-order valence-corrected chi connectivity index (χ3v) is 4.57. The average Bonchev–Trinajstić information content (AvgIpc) is 2.91. The quantitative estimate of drug-likeness (QED) is 0.706. The fourth-order valence-electron chi connectivity index (χ4n) is 2.25. The molecule has 0 amide bonds. The van der Waals surface area contributed by atoms with Crippen molar-refractivity contribution < 1.29 is 0 Å². The van der Waals surface area contributed by atoms with Gasteiger partial charge in [-0.05, 0) is 49.9 Å². The molecule has 98 valence electrons. The summed E-state index contributed by atoms with van der Waals surface area (Å²) in [7, 11) is 0. The van der Waals surface area contributed by atoms with Crippen molar-refractivity contribution in [2.24, 2.45) is 0 Å². The van der Waals surface area contributed by atoms with Gasteiger partial charge in [0.25, 0.3) is 0 Å². The maximum Gasteiger partial charge on any atom is 0.212 e. The summed E-state index contributed by atoms with van der Waals surface area (Å²) in [5, 5.41) is 5.65. The van der Waals surface area contributed by atoms with Gasteiger partial charge in [-0.25, -0.2) is 9.50 Å². The number of hydrogen-bond acceptors (Lipinski definition) is 3. The summed E-state index contributed by atoms with van der Waals surface area (Å²) in [6.07, 6.45) is 2.99. The van der Waals surface area contributed by atoms with Gasteiger partial charge in [0, 0.05) is 5.56 Å². The molecule has 3 rings (SSSR count). The first-order valence-corrected chi connectivity index (χ1v) is 7.33. The maximum absolute atomic E-state index is 4.70. The molecular weight excluding hydrogens is 254 g/mol. The largest absolute Gasteiger partial charge is 0.217 e. The van der Waals surface area contributed by atoms with Crippen molar-refractivity contribution in [1.29, 1.82) is 0 Å². The Kier molecular flexibility index (Phi) is 2.90. The van der Waals surface area contributed by atoms with Crippen LogP contribution in [0.4, 0.5) is 0 Å². The minimum absolute atomic E-state index is 0.964. The van der Waals surface area contributed by atoms with E-state index in [4.69, 9.17) is 4.98 Å². The molecule has 4 heteroatoms. The Labute approximate surface area is 116 Å². The molecular formula is C15H17N3S. The first kappa shape index (κ1) is 12.4. The van der Waals surface area contributed by atoms with Crippen molar-refractivity contribution in [3.8, 4) is 11.3 Å². The molecule has 0 aliphatic heterocycles. The molecule has 2 aromatic heterocycles. The minimum Gasteiger partial charge on any atom is -0.217 e. The van der Waals surface area contributed by atoms with Crippen molar-refractivity contribution in [2.75, 3.05) is 0 Å². The molecule has 2 heterocycles. The van der Waals surface area contributed by atoms with Crippen LogP contribution >= 0.6 is 11.3 Å². The molecule has 0 radical (unpaired) electrons. The smallest absolute Gasteiger partial charge is 0.212 e. The van der Waals surface area contributed by atoms with Gasteiger partial charge < -0.3 is 0 Å².